The van der Waals surface area contributed by atoms with Crippen LogP contribution in [0.3, 0.4) is 0 Å². The van der Waals surface area contributed by atoms with E-state index in [1.54, 1.807) is 0 Å². The molecule has 1 aliphatic rings. The molecule has 1 aromatic carbocycles. The van der Waals surface area contributed by atoms with Gasteiger partial charge in [-0.25, -0.2) is 0 Å². The van der Waals surface area contributed by atoms with Gasteiger partial charge in [0.05, 0.1) is 12.6 Å². The Balaban J connectivity index is 1.72. The molecule has 0 amide bonds. The maximum atomic E-state index is 9.08. The van der Waals surface area contributed by atoms with E-state index in [4.69, 9.17) is 5.11 Å². The van der Waals surface area contributed by atoms with Crippen LogP contribution in [0.4, 0.5) is 0 Å². The van der Waals surface area contributed by atoms with Gasteiger partial charge in [0, 0.05) is 11.6 Å². The van der Waals surface area contributed by atoms with Crippen molar-refractivity contribution in [2.45, 2.75) is 25.0 Å². The highest BCUT2D eigenvalue weighted by molar-refractivity contribution is 5.33. The lowest BCUT2D eigenvalue weighted by molar-refractivity contribution is 0.0643. The molecule has 0 heterocycles. The SMILES string of the molecule is OC1CC(NCC#Cc2ccccc2)C1. The standard InChI is InChI=1S/C13H15NO/c15-13-9-12(10-13)14-8-4-7-11-5-2-1-3-6-11/h1-3,5-6,12-15H,8-10H2. The molecule has 0 spiro atoms. The summed E-state index contributed by atoms with van der Waals surface area (Å²) in [7, 11) is 0. The number of benzene rings is 1. The third kappa shape index (κ3) is 3.09. The topological polar surface area (TPSA) is 32.3 Å². The molecule has 2 rings (SSSR count). The molecule has 2 nitrogen and oxygen atoms in total. The van der Waals surface area contributed by atoms with E-state index in [0.29, 0.717) is 12.6 Å². The van der Waals surface area contributed by atoms with Crippen LogP contribution in [0.1, 0.15) is 18.4 Å². The molecule has 1 aromatic rings. The van der Waals surface area contributed by atoms with Gasteiger partial charge in [-0.2, -0.15) is 0 Å². The van der Waals surface area contributed by atoms with Crippen LogP contribution >= 0.6 is 0 Å². The van der Waals surface area contributed by atoms with E-state index in [0.717, 1.165) is 18.4 Å². The van der Waals surface area contributed by atoms with Crippen molar-refractivity contribution in [1.82, 2.24) is 5.32 Å². The second kappa shape index (κ2) is 4.97. The minimum atomic E-state index is -0.0930. The summed E-state index contributed by atoms with van der Waals surface area (Å²) >= 11 is 0. The number of aliphatic hydroxyl groups excluding tert-OH is 1. The predicted molar refractivity (Wildman–Crippen MR) is 60.4 cm³/mol. The summed E-state index contributed by atoms with van der Waals surface area (Å²) in [5, 5.41) is 12.4. The molecular weight excluding hydrogens is 186 g/mol. The zero-order valence-electron chi connectivity index (χ0n) is 8.61. The van der Waals surface area contributed by atoms with Gasteiger partial charge in [0.1, 0.15) is 0 Å². The summed E-state index contributed by atoms with van der Waals surface area (Å²) in [6.07, 6.45) is 1.64. The summed E-state index contributed by atoms with van der Waals surface area (Å²) in [5.41, 5.74) is 1.05. The van der Waals surface area contributed by atoms with Crippen LogP contribution in [0, 0.1) is 11.8 Å². The first-order valence-electron chi connectivity index (χ1n) is 5.30. The number of nitrogens with one attached hydrogen (secondary N) is 1. The number of rotatable bonds is 2. The summed E-state index contributed by atoms with van der Waals surface area (Å²) in [6, 6.07) is 10.4. The van der Waals surface area contributed by atoms with Crippen molar-refractivity contribution in [3.63, 3.8) is 0 Å². The maximum absolute atomic E-state index is 9.08. The highest BCUT2D eigenvalue weighted by Gasteiger charge is 2.25. The van der Waals surface area contributed by atoms with Crippen molar-refractivity contribution in [3.8, 4) is 11.8 Å². The van der Waals surface area contributed by atoms with E-state index < -0.39 is 0 Å². The highest BCUT2D eigenvalue weighted by atomic mass is 16.3. The van der Waals surface area contributed by atoms with Crippen LogP contribution in [-0.2, 0) is 0 Å². The first kappa shape index (κ1) is 10.2. The minimum Gasteiger partial charge on any atom is -0.393 e. The van der Waals surface area contributed by atoms with Crippen molar-refractivity contribution in [3.05, 3.63) is 35.9 Å². The summed E-state index contributed by atoms with van der Waals surface area (Å²) in [6.45, 7) is 0.701. The van der Waals surface area contributed by atoms with Gasteiger partial charge in [0.2, 0.25) is 0 Å². The van der Waals surface area contributed by atoms with Gasteiger partial charge < -0.3 is 10.4 Å². The molecule has 15 heavy (non-hydrogen) atoms. The molecule has 0 aliphatic heterocycles. The van der Waals surface area contributed by atoms with Gasteiger partial charge in [0.25, 0.3) is 0 Å². The zero-order chi connectivity index (χ0) is 10.5. The molecule has 2 heteroatoms. The van der Waals surface area contributed by atoms with E-state index in [9.17, 15) is 0 Å². The molecule has 1 fully saturated rings. The van der Waals surface area contributed by atoms with Gasteiger partial charge >= 0.3 is 0 Å². The molecule has 78 valence electrons. The highest BCUT2D eigenvalue weighted by Crippen LogP contribution is 2.18. The zero-order valence-corrected chi connectivity index (χ0v) is 8.61. The fourth-order valence-electron chi connectivity index (χ4n) is 1.62. The molecule has 0 bridgehead atoms. The van der Waals surface area contributed by atoms with Crippen LogP contribution < -0.4 is 5.32 Å². The summed E-state index contributed by atoms with van der Waals surface area (Å²) < 4.78 is 0. The normalized spacial score (nSPS) is 23.8. The quantitative estimate of drug-likeness (QED) is 0.704. The second-order valence-corrected chi connectivity index (χ2v) is 3.87. The van der Waals surface area contributed by atoms with E-state index >= 15 is 0 Å². The third-order valence-electron chi connectivity index (χ3n) is 2.60. The van der Waals surface area contributed by atoms with E-state index in [1.165, 1.54) is 0 Å². The molecule has 2 N–H and O–H groups in total. The third-order valence-corrected chi connectivity index (χ3v) is 2.60. The van der Waals surface area contributed by atoms with Gasteiger partial charge in [-0.3, -0.25) is 0 Å². The Morgan fingerprint density at radius 3 is 2.67 bits per heavy atom. The smallest absolute Gasteiger partial charge is 0.0582 e. The lowest BCUT2D eigenvalue weighted by Crippen LogP contribution is -2.44. The molecule has 0 saturated heterocycles. The molecule has 0 aromatic heterocycles. The van der Waals surface area contributed by atoms with Crippen LogP contribution in [0.15, 0.2) is 30.3 Å². The first-order valence-corrected chi connectivity index (χ1v) is 5.30. The monoisotopic (exact) mass is 201 g/mol. The first-order chi connectivity index (χ1) is 7.34. The predicted octanol–water partition coefficient (Wildman–Crippen LogP) is 1.15. The minimum absolute atomic E-state index is 0.0930. The molecule has 0 radical (unpaired) electrons. The fourth-order valence-corrected chi connectivity index (χ4v) is 1.62. The van der Waals surface area contributed by atoms with E-state index in [2.05, 4.69) is 17.2 Å². The molecular formula is C13H15NO. The van der Waals surface area contributed by atoms with Crippen molar-refractivity contribution >= 4 is 0 Å². The largest absolute Gasteiger partial charge is 0.393 e. The van der Waals surface area contributed by atoms with Crippen molar-refractivity contribution in [2.24, 2.45) is 0 Å². The average Bonchev–Trinajstić information content (AvgIpc) is 2.23. The van der Waals surface area contributed by atoms with E-state index in [-0.39, 0.29) is 6.10 Å². The molecule has 1 saturated carbocycles. The lowest BCUT2D eigenvalue weighted by atomic mass is 9.90. The van der Waals surface area contributed by atoms with Crippen LogP contribution in [0.5, 0.6) is 0 Å². The van der Waals surface area contributed by atoms with Gasteiger partial charge in [-0.05, 0) is 25.0 Å². The van der Waals surface area contributed by atoms with Gasteiger partial charge in [-0.1, -0.05) is 30.0 Å². The number of hydrogen-bond donors (Lipinski definition) is 2. The summed E-state index contributed by atoms with van der Waals surface area (Å²) in [5.74, 6) is 6.16. The molecule has 1 aliphatic carbocycles. The Bertz CT molecular complexity index is 357. The molecule has 0 atom stereocenters. The number of hydrogen-bond acceptors (Lipinski definition) is 2. The Labute approximate surface area is 90.3 Å². The van der Waals surface area contributed by atoms with Crippen molar-refractivity contribution in [2.75, 3.05) is 6.54 Å². The van der Waals surface area contributed by atoms with Crippen LogP contribution in [-0.4, -0.2) is 23.8 Å². The van der Waals surface area contributed by atoms with Crippen molar-refractivity contribution in [1.29, 1.82) is 0 Å². The Morgan fingerprint density at radius 2 is 2.00 bits per heavy atom. The molecule has 0 unspecified atom stereocenters. The van der Waals surface area contributed by atoms with Gasteiger partial charge in [-0.15, -0.1) is 0 Å². The van der Waals surface area contributed by atoms with Crippen LogP contribution in [0.25, 0.3) is 0 Å². The second-order valence-electron chi connectivity index (χ2n) is 3.87. The Kier molecular flexibility index (Phi) is 3.39. The number of aliphatic hydroxyl groups is 1. The van der Waals surface area contributed by atoms with Crippen molar-refractivity contribution < 1.29 is 5.11 Å². The fraction of sp³-hybridized carbons (Fsp3) is 0.385. The van der Waals surface area contributed by atoms with Gasteiger partial charge in [0.15, 0.2) is 0 Å². The average molecular weight is 201 g/mol. The van der Waals surface area contributed by atoms with E-state index in [1.807, 2.05) is 30.3 Å². The summed E-state index contributed by atoms with van der Waals surface area (Å²) in [4.78, 5) is 0. The lowest BCUT2D eigenvalue weighted by Gasteiger charge is -2.31. The van der Waals surface area contributed by atoms with Crippen LogP contribution in [0.2, 0.25) is 0 Å². The Hall–Kier alpha value is -1.30. The Morgan fingerprint density at radius 1 is 1.27 bits per heavy atom. The maximum Gasteiger partial charge on any atom is 0.0582 e.